The van der Waals surface area contributed by atoms with Crippen molar-refractivity contribution >= 4 is 27.3 Å². The van der Waals surface area contributed by atoms with Crippen LogP contribution in [0, 0.1) is 0 Å². The van der Waals surface area contributed by atoms with Crippen molar-refractivity contribution in [2.24, 2.45) is 0 Å². The maximum Gasteiger partial charge on any atom is 0.246 e. The van der Waals surface area contributed by atoms with Gasteiger partial charge in [0.2, 0.25) is 10.0 Å². The van der Waals surface area contributed by atoms with E-state index in [0.29, 0.717) is 0 Å². The van der Waals surface area contributed by atoms with Crippen molar-refractivity contribution < 1.29 is 8.42 Å². The fourth-order valence-corrected chi connectivity index (χ4v) is 3.28. The van der Waals surface area contributed by atoms with Gasteiger partial charge in [-0.05, 0) is 19.1 Å². The van der Waals surface area contributed by atoms with Crippen LogP contribution in [0.2, 0.25) is 5.02 Å². The molecular formula is C11H15ClN2O2S. The number of halogens is 1. The van der Waals surface area contributed by atoms with Crippen LogP contribution in [0.4, 0.5) is 5.69 Å². The molecule has 1 aromatic carbocycles. The zero-order valence-electron chi connectivity index (χ0n) is 9.77. The molecule has 0 spiro atoms. The van der Waals surface area contributed by atoms with Gasteiger partial charge in [0, 0.05) is 13.6 Å². The normalized spacial score (nSPS) is 11.8. The Labute approximate surface area is 107 Å². The van der Waals surface area contributed by atoms with Crippen molar-refractivity contribution in [3.05, 3.63) is 35.4 Å². The molecule has 4 nitrogen and oxygen atoms in total. The number of nitrogens with two attached hydrogens (primary N) is 1. The lowest BCUT2D eigenvalue weighted by Gasteiger charge is -2.19. The number of nitrogens with zero attached hydrogens (tertiary/aromatic N) is 1. The second kappa shape index (κ2) is 5.08. The minimum Gasteiger partial charge on any atom is -0.398 e. The molecule has 0 aliphatic carbocycles. The molecule has 0 unspecified atom stereocenters. The van der Waals surface area contributed by atoms with Crippen molar-refractivity contribution in [2.45, 2.75) is 11.8 Å². The van der Waals surface area contributed by atoms with Gasteiger partial charge in [0.15, 0.2) is 0 Å². The monoisotopic (exact) mass is 274 g/mol. The fourth-order valence-electron chi connectivity index (χ4n) is 1.42. The lowest BCUT2D eigenvalue weighted by molar-refractivity contribution is 0.493. The summed E-state index contributed by atoms with van der Waals surface area (Å²) in [4.78, 5) is -0.0505. The molecule has 0 fully saturated rings. The number of sulfonamides is 1. The molecule has 2 N–H and O–H groups in total. The quantitative estimate of drug-likeness (QED) is 0.676. The lowest BCUT2D eigenvalue weighted by Crippen LogP contribution is -2.29. The van der Waals surface area contributed by atoms with E-state index in [4.69, 9.17) is 17.3 Å². The Hall–Kier alpha value is -1.04. The van der Waals surface area contributed by atoms with Gasteiger partial charge >= 0.3 is 0 Å². The third-order valence-corrected chi connectivity index (χ3v) is 4.51. The minimum atomic E-state index is -3.68. The van der Waals surface area contributed by atoms with Crippen molar-refractivity contribution in [2.75, 3.05) is 19.3 Å². The van der Waals surface area contributed by atoms with E-state index in [-0.39, 0.29) is 22.2 Å². The summed E-state index contributed by atoms with van der Waals surface area (Å²) < 4.78 is 25.6. The molecule has 0 aliphatic rings. The predicted octanol–water partition coefficient (Wildman–Crippen LogP) is 2.12. The molecule has 1 aromatic rings. The molecule has 0 radical (unpaired) electrons. The van der Waals surface area contributed by atoms with Crippen LogP contribution < -0.4 is 5.73 Å². The summed E-state index contributed by atoms with van der Waals surface area (Å²) in [6.45, 7) is 5.66. The average Bonchev–Trinajstić information content (AvgIpc) is 2.15. The molecule has 0 amide bonds. The minimum absolute atomic E-state index is 0.0505. The lowest BCUT2D eigenvalue weighted by atomic mass is 10.3. The highest BCUT2D eigenvalue weighted by Gasteiger charge is 2.25. The van der Waals surface area contributed by atoms with Gasteiger partial charge in [0.05, 0.1) is 10.7 Å². The number of hydrogen-bond acceptors (Lipinski definition) is 3. The first-order chi connectivity index (χ1) is 7.76. The Balaban J connectivity index is 3.27. The summed E-state index contributed by atoms with van der Waals surface area (Å²) in [5, 5.41) is 0.124. The van der Waals surface area contributed by atoms with Gasteiger partial charge in [-0.15, -0.1) is 0 Å². The molecule has 1 rings (SSSR count). The third-order valence-electron chi connectivity index (χ3n) is 2.16. The Morgan fingerprint density at radius 3 is 2.59 bits per heavy atom. The fraction of sp³-hybridized carbons (Fsp3) is 0.273. The molecule has 0 atom stereocenters. The van der Waals surface area contributed by atoms with Gasteiger partial charge < -0.3 is 5.73 Å². The molecule has 17 heavy (non-hydrogen) atoms. The highest BCUT2D eigenvalue weighted by atomic mass is 35.5. The van der Waals surface area contributed by atoms with Crippen LogP contribution in [0.15, 0.2) is 35.2 Å². The van der Waals surface area contributed by atoms with Gasteiger partial charge in [-0.1, -0.05) is 29.8 Å². The number of likely N-dealkylation sites (N-methyl/N-ethyl adjacent to an activating group) is 1. The van der Waals surface area contributed by atoms with E-state index in [0.717, 1.165) is 5.57 Å². The zero-order chi connectivity index (χ0) is 13.2. The smallest absolute Gasteiger partial charge is 0.246 e. The molecule has 0 saturated carbocycles. The Morgan fingerprint density at radius 1 is 1.53 bits per heavy atom. The van der Waals surface area contributed by atoms with Crippen LogP contribution in [0.5, 0.6) is 0 Å². The van der Waals surface area contributed by atoms with Gasteiger partial charge in [0.1, 0.15) is 4.90 Å². The van der Waals surface area contributed by atoms with E-state index < -0.39 is 10.0 Å². The van der Waals surface area contributed by atoms with Crippen LogP contribution in [0.3, 0.4) is 0 Å². The summed E-state index contributed by atoms with van der Waals surface area (Å²) in [6.07, 6.45) is 0. The van der Waals surface area contributed by atoms with Crippen LogP contribution in [0.1, 0.15) is 6.92 Å². The SMILES string of the molecule is C=C(C)CN(C)S(=O)(=O)c1c(N)cccc1Cl. The Bertz CT molecular complexity index is 520. The molecule has 0 heterocycles. The topological polar surface area (TPSA) is 63.4 Å². The van der Waals surface area contributed by atoms with E-state index in [2.05, 4.69) is 6.58 Å². The van der Waals surface area contributed by atoms with Crippen molar-refractivity contribution in [1.82, 2.24) is 4.31 Å². The first kappa shape index (κ1) is 14.0. The molecule has 6 heteroatoms. The molecule has 0 aromatic heterocycles. The molecule has 0 saturated heterocycles. The highest BCUT2D eigenvalue weighted by molar-refractivity contribution is 7.89. The highest BCUT2D eigenvalue weighted by Crippen LogP contribution is 2.29. The molecule has 94 valence electrons. The summed E-state index contributed by atoms with van der Waals surface area (Å²) in [5.41, 5.74) is 6.55. The van der Waals surface area contributed by atoms with Crippen LogP contribution in [-0.4, -0.2) is 26.3 Å². The van der Waals surface area contributed by atoms with Crippen molar-refractivity contribution in [3.63, 3.8) is 0 Å². The second-order valence-electron chi connectivity index (χ2n) is 3.88. The van der Waals surface area contributed by atoms with Gasteiger partial charge in [0.25, 0.3) is 0 Å². The number of rotatable bonds is 4. The second-order valence-corrected chi connectivity index (χ2v) is 6.27. The van der Waals surface area contributed by atoms with Crippen LogP contribution in [0.25, 0.3) is 0 Å². The predicted molar refractivity (Wildman–Crippen MR) is 70.5 cm³/mol. The Morgan fingerprint density at radius 2 is 2.12 bits per heavy atom. The van der Waals surface area contributed by atoms with E-state index in [1.165, 1.54) is 23.5 Å². The van der Waals surface area contributed by atoms with E-state index in [1.54, 1.807) is 13.0 Å². The molecule has 0 bridgehead atoms. The number of nitrogen functional groups attached to an aromatic ring is 1. The van der Waals surface area contributed by atoms with Gasteiger partial charge in [-0.3, -0.25) is 0 Å². The van der Waals surface area contributed by atoms with E-state index in [9.17, 15) is 8.42 Å². The number of hydrogen-bond donors (Lipinski definition) is 1. The summed E-state index contributed by atoms with van der Waals surface area (Å²) >= 11 is 5.89. The third kappa shape index (κ3) is 3.00. The van der Waals surface area contributed by atoms with Crippen LogP contribution in [-0.2, 0) is 10.0 Å². The van der Waals surface area contributed by atoms with Crippen LogP contribution >= 0.6 is 11.6 Å². The maximum absolute atomic E-state index is 12.2. The number of benzene rings is 1. The summed E-state index contributed by atoms with van der Waals surface area (Å²) in [5.74, 6) is 0. The Kier molecular flexibility index (Phi) is 4.19. The van der Waals surface area contributed by atoms with Crippen molar-refractivity contribution in [3.8, 4) is 0 Å². The van der Waals surface area contributed by atoms with E-state index >= 15 is 0 Å². The van der Waals surface area contributed by atoms with Gasteiger partial charge in [-0.25, -0.2) is 8.42 Å². The summed E-state index contributed by atoms with van der Waals surface area (Å²) in [7, 11) is -2.21. The van der Waals surface area contributed by atoms with Crippen molar-refractivity contribution in [1.29, 1.82) is 0 Å². The number of anilines is 1. The standard InChI is InChI=1S/C11H15ClN2O2S/c1-8(2)7-14(3)17(15,16)11-9(12)5-4-6-10(11)13/h4-6H,1,7,13H2,2-3H3. The largest absolute Gasteiger partial charge is 0.398 e. The molecule has 0 aliphatic heterocycles. The van der Waals surface area contributed by atoms with Gasteiger partial charge in [-0.2, -0.15) is 4.31 Å². The zero-order valence-corrected chi connectivity index (χ0v) is 11.3. The summed E-state index contributed by atoms with van der Waals surface area (Å²) in [6, 6.07) is 4.61. The first-order valence-electron chi connectivity index (χ1n) is 4.91. The van der Waals surface area contributed by atoms with E-state index in [1.807, 2.05) is 0 Å². The maximum atomic E-state index is 12.2. The average molecular weight is 275 g/mol. The first-order valence-corrected chi connectivity index (χ1v) is 6.73. The molecular weight excluding hydrogens is 260 g/mol.